The normalized spacial score (nSPS) is 11.2. The Morgan fingerprint density at radius 2 is 0.786 bits per heavy atom. The standard InChI is InChI=1S/C41H38O15/c1-40(2,51)34(43)23-5-11-27(12-6-23)53-17-19-55-38(49)31-21-25(9-15-29(31)36(45)46)33(42)26-10-16-30(37(47)48)32(22-26)39(50)56-20-18-54-28-13-7-24(8-14-28)35(44)41(3,4)52/h5-16,21-22,51-52H,17-20H2,1-4H3,(H,45,46)(H,47,48). The van der Waals surface area contributed by atoms with Gasteiger partial charge in [0.05, 0.1) is 22.3 Å². The maximum atomic E-state index is 13.5. The fourth-order valence-electron chi connectivity index (χ4n) is 5.10. The summed E-state index contributed by atoms with van der Waals surface area (Å²) in [6, 6.07) is 18.1. The molecule has 0 spiro atoms. The quantitative estimate of drug-likeness (QED) is 0.0610. The van der Waals surface area contributed by atoms with Crippen LogP contribution >= 0.6 is 0 Å². The van der Waals surface area contributed by atoms with Gasteiger partial charge in [-0.25, -0.2) is 19.2 Å². The number of carbonyl (C=O) groups excluding carboxylic acids is 5. The van der Waals surface area contributed by atoms with Gasteiger partial charge in [-0.2, -0.15) is 0 Å². The van der Waals surface area contributed by atoms with Crippen molar-refractivity contribution in [1.29, 1.82) is 0 Å². The van der Waals surface area contributed by atoms with Gasteiger partial charge in [0.25, 0.3) is 0 Å². The van der Waals surface area contributed by atoms with Crippen molar-refractivity contribution in [3.05, 3.63) is 129 Å². The number of ether oxygens (including phenoxy) is 4. The number of carboxylic acids is 2. The van der Waals surface area contributed by atoms with Gasteiger partial charge in [0.15, 0.2) is 17.3 Å². The number of aromatic carboxylic acids is 2. The molecule has 15 heteroatoms. The van der Waals surface area contributed by atoms with Crippen molar-refractivity contribution in [2.75, 3.05) is 26.4 Å². The molecule has 0 aliphatic carbocycles. The molecule has 0 unspecified atom stereocenters. The highest BCUT2D eigenvalue weighted by molar-refractivity contribution is 6.13. The molecule has 56 heavy (non-hydrogen) atoms. The Morgan fingerprint density at radius 1 is 0.464 bits per heavy atom. The first-order chi connectivity index (χ1) is 26.3. The maximum Gasteiger partial charge on any atom is 0.339 e. The molecule has 0 aromatic heterocycles. The van der Waals surface area contributed by atoms with E-state index in [1.165, 1.54) is 76.2 Å². The summed E-state index contributed by atoms with van der Waals surface area (Å²) in [5.41, 5.74) is -4.82. The predicted molar refractivity (Wildman–Crippen MR) is 196 cm³/mol. The van der Waals surface area contributed by atoms with Crippen LogP contribution in [0.1, 0.15) is 106 Å². The van der Waals surface area contributed by atoms with Gasteiger partial charge in [-0.05, 0) is 100 Å². The lowest BCUT2D eigenvalue weighted by Crippen LogP contribution is -2.30. The van der Waals surface area contributed by atoms with Crippen molar-refractivity contribution in [3.63, 3.8) is 0 Å². The van der Waals surface area contributed by atoms with Crippen LogP contribution in [0.3, 0.4) is 0 Å². The molecule has 0 amide bonds. The zero-order valence-electron chi connectivity index (χ0n) is 30.7. The smallest absolute Gasteiger partial charge is 0.339 e. The number of hydrogen-bond donors (Lipinski definition) is 4. The number of aliphatic hydroxyl groups is 2. The van der Waals surface area contributed by atoms with Crippen molar-refractivity contribution >= 4 is 41.2 Å². The van der Waals surface area contributed by atoms with Crippen molar-refractivity contribution < 1.29 is 72.9 Å². The van der Waals surface area contributed by atoms with Crippen molar-refractivity contribution in [1.82, 2.24) is 0 Å². The number of rotatable bonds is 18. The minimum Gasteiger partial charge on any atom is -0.490 e. The second-order valence-electron chi connectivity index (χ2n) is 13.3. The van der Waals surface area contributed by atoms with Gasteiger partial charge in [-0.1, -0.05) is 12.1 Å². The lowest BCUT2D eigenvalue weighted by atomic mass is 9.95. The highest BCUT2D eigenvalue weighted by atomic mass is 16.6. The van der Waals surface area contributed by atoms with Crippen LogP contribution in [-0.2, 0) is 9.47 Å². The average Bonchev–Trinajstić information content (AvgIpc) is 3.16. The third-order valence-corrected chi connectivity index (χ3v) is 7.98. The average molecular weight is 771 g/mol. The monoisotopic (exact) mass is 770 g/mol. The highest BCUT2D eigenvalue weighted by Gasteiger charge is 2.27. The van der Waals surface area contributed by atoms with Crippen molar-refractivity contribution in [2.24, 2.45) is 0 Å². The zero-order valence-corrected chi connectivity index (χ0v) is 30.7. The topological polar surface area (TPSA) is 237 Å². The Balaban J connectivity index is 1.41. The Hall–Kier alpha value is -6.71. The molecule has 4 rings (SSSR count). The summed E-state index contributed by atoms with van der Waals surface area (Å²) >= 11 is 0. The van der Waals surface area contributed by atoms with Gasteiger partial charge in [0.1, 0.15) is 49.1 Å². The molecule has 0 radical (unpaired) electrons. The van der Waals surface area contributed by atoms with Gasteiger partial charge in [0.2, 0.25) is 0 Å². The van der Waals surface area contributed by atoms with Gasteiger partial charge in [-0.15, -0.1) is 0 Å². The van der Waals surface area contributed by atoms with E-state index in [0.29, 0.717) is 11.5 Å². The molecule has 0 saturated carbocycles. The Labute approximate surface area is 320 Å². The van der Waals surface area contributed by atoms with Crippen LogP contribution in [0, 0.1) is 0 Å². The van der Waals surface area contributed by atoms with E-state index < -0.39 is 74.7 Å². The molecule has 0 atom stereocenters. The first-order valence-electron chi connectivity index (χ1n) is 16.9. The summed E-state index contributed by atoms with van der Waals surface area (Å²) < 4.78 is 21.4. The van der Waals surface area contributed by atoms with Crippen LogP contribution in [0.25, 0.3) is 0 Å². The molecule has 0 heterocycles. The highest BCUT2D eigenvalue weighted by Crippen LogP contribution is 2.22. The Bertz CT molecular complexity index is 2000. The first kappa shape index (κ1) is 42.0. The molecule has 4 N–H and O–H groups in total. The number of hydrogen-bond acceptors (Lipinski definition) is 13. The number of Topliss-reactive ketones (excluding diaryl/α,β-unsaturated/α-hetero) is 2. The van der Waals surface area contributed by atoms with Gasteiger partial charge in [0, 0.05) is 22.3 Å². The first-order valence-corrected chi connectivity index (χ1v) is 16.9. The number of esters is 2. The minimum atomic E-state index is -1.56. The molecule has 0 saturated heterocycles. The molecule has 0 bridgehead atoms. The summed E-state index contributed by atoms with van der Waals surface area (Å²) in [7, 11) is 0. The fraction of sp³-hybridized carbons (Fsp3) is 0.244. The van der Waals surface area contributed by atoms with Crippen LogP contribution in [0.15, 0.2) is 84.9 Å². The summed E-state index contributed by atoms with van der Waals surface area (Å²) in [5, 5.41) is 39.2. The molecular formula is C41H38O15. The molecule has 4 aromatic rings. The number of ketones is 3. The van der Waals surface area contributed by atoms with Crippen LogP contribution < -0.4 is 9.47 Å². The predicted octanol–water partition coefficient (Wildman–Crippen LogP) is 4.69. The molecule has 0 aliphatic heterocycles. The molecule has 0 aliphatic rings. The number of benzene rings is 4. The van der Waals surface area contributed by atoms with Crippen LogP contribution in [0.2, 0.25) is 0 Å². The van der Waals surface area contributed by atoms with E-state index in [4.69, 9.17) is 18.9 Å². The lowest BCUT2D eigenvalue weighted by molar-refractivity contribution is 0.0437. The van der Waals surface area contributed by atoms with Crippen LogP contribution in [-0.4, -0.2) is 99.3 Å². The molecule has 4 aromatic carbocycles. The fourth-order valence-corrected chi connectivity index (χ4v) is 5.10. The molecule has 15 nitrogen and oxygen atoms in total. The Morgan fingerprint density at radius 3 is 1.09 bits per heavy atom. The van der Waals surface area contributed by atoms with E-state index in [0.717, 1.165) is 36.4 Å². The largest absolute Gasteiger partial charge is 0.490 e. The van der Waals surface area contributed by atoms with E-state index in [2.05, 4.69) is 0 Å². The molecule has 0 fully saturated rings. The summed E-state index contributed by atoms with van der Waals surface area (Å²) in [6.45, 7) is 4.47. The van der Waals surface area contributed by atoms with Crippen LogP contribution in [0.4, 0.5) is 0 Å². The van der Waals surface area contributed by atoms with E-state index in [1.54, 1.807) is 0 Å². The zero-order chi connectivity index (χ0) is 41.4. The SMILES string of the molecule is CC(C)(O)C(=O)c1ccc(OCCOC(=O)c2cc(C(=O)c3ccc(C(=O)O)c(C(=O)OCCOc4ccc(C(=O)C(C)(C)O)cc4)c3)ccc2C(=O)O)cc1. The molecule has 292 valence electrons. The second kappa shape index (κ2) is 17.6. The van der Waals surface area contributed by atoms with Gasteiger partial charge >= 0.3 is 23.9 Å². The van der Waals surface area contributed by atoms with E-state index in [1.807, 2.05) is 0 Å². The third kappa shape index (κ3) is 10.7. The van der Waals surface area contributed by atoms with Gasteiger partial charge < -0.3 is 39.4 Å². The van der Waals surface area contributed by atoms with E-state index in [-0.39, 0.29) is 48.7 Å². The second-order valence-corrected chi connectivity index (χ2v) is 13.3. The Kier molecular flexibility index (Phi) is 13.2. The third-order valence-electron chi connectivity index (χ3n) is 7.98. The van der Waals surface area contributed by atoms with Crippen molar-refractivity contribution in [3.8, 4) is 11.5 Å². The van der Waals surface area contributed by atoms with E-state index >= 15 is 0 Å². The minimum absolute atomic E-state index is 0.161. The van der Waals surface area contributed by atoms with Gasteiger partial charge in [-0.3, -0.25) is 14.4 Å². The van der Waals surface area contributed by atoms with E-state index in [9.17, 15) is 54.0 Å². The van der Waals surface area contributed by atoms with Crippen molar-refractivity contribution in [2.45, 2.75) is 38.9 Å². The lowest BCUT2D eigenvalue weighted by Gasteiger charge is -2.15. The number of carboxylic acid groups (broad SMARTS) is 2. The maximum absolute atomic E-state index is 13.5. The molecular weight excluding hydrogens is 732 g/mol. The summed E-state index contributed by atoms with van der Waals surface area (Å²) in [6.07, 6.45) is 0. The number of carbonyl (C=O) groups is 7. The summed E-state index contributed by atoms with van der Waals surface area (Å²) in [5.74, 6) is -6.25. The van der Waals surface area contributed by atoms with Crippen LogP contribution in [0.5, 0.6) is 11.5 Å². The summed E-state index contributed by atoms with van der Waals surface area (Å²) in [4.78, 5) is 87.7.